The fourth-order valence-corrected chi connectivity index (χ4v) is 5.85. The lowest BCUT2D eigenvalue weighted by Gasteiger charge is -2.30. The molecule has 0 N–H and O–H groups in total. The molecule has 24 heavy (non-hydrogen) atoms. The molecule has 2 aliphatic carbocycles. The Hall–Kier alpha value is -1.59. The van der Waals surface area contributed by atoms with Gasteiger partial charge in [-0.25, -0.2) is 0 Å². The molecule has 3 nitrogen and oxygen atoms in total. The molecule has 1 amide bonds. The van der Waals surface area contributed by atoms with Gasteiger partial charge in [0.05, 0.1) is 4.91 Å². The van der Waals surface area contributed by atoms with Crippen LogP contribution in [0.15, 0.2) is 39.7 Å². The molecule has 122 valence electrons. The average Bonchev–Trinajstić information content (AvgIpc) is 3.31. The van der Waals surface area contributed by atoms with Gasteiger partial charge in [-0.1, -0.05) is 48.6 Å². The third-order valence-electron chi connectivity index (χ3n) is 5.57. The predicted molar refractivity (Wildman–Crippen MR) is 100 cm³/mol. The highest BCUT2D eigenvalue weighted by atomic mass is 32.2. The SMILES string of the molecule is O=C1C(=Cc2cc3ccccc3o2)SC(=S)N1C1CC2CCC1C2. The quantitative estimate of drug-likeness (QED) is 0.571. The first kappa shape index (κ1) is 14.7. The molecule has 1 aromatic carbocycles. The highest BCUT2D eigenvalue weighted by molar-refractivity contribution is 8.26. The zero-order valence-corrected chi connectivity index (χ0v) is 14.7. The highest BCUT2D eigenvalue weighted by Crippen LogP contribution is 2.49. The molecule has 5 rings (SSSR count). The van der Waals surface area contributed by atoms with E-state index in [-0.39, 0.29) is 5.91 Å². The van der Waals surface area contributed by atoms with E-state index in [9.17, 15) is 4.79 Å². The number of fused-ring (bicyclic) bond motifs is 3. The van der Waals surface area contributed by atoms with Crippen molar-refractivity contribution >= 4 is 51.3 Å². The van der Waals surface area contributed by atoms with Crippen molar-refractivity contribution < 1.29 is 9.21 Å². The molecule has 2 heterocycles. The van der Waals surface area contributed by atoms with Gasteiger partial charge in [-0.05, 0) is 43.2 Å². The first-order chi connectivity index (χ1) is 11.7. The van der Waals surface area contributed by atoms with Crippen molar-refractivity contribution in [2.75, 3.05) is 0 Å². The maximum Gasteiger partial charge on any atom is 0.266 e. The van der Waals surface area contributed by atoms with Crippen LogP contribution in [0, 0.1) is 11.8 Å². The summed E-state index contributed by atoms with van der Waals surface area (Å²) in [5, 5.41) is 1.05. The van der Waals surface area contributed by atoms with E-state index in [1.54, 1.807) is 0 Å². The molecular weight excluding hydrogens is 338 g/mol. The normalized spacial score (nSPS) is 31.1. The number of benzene rings is 1. The molecule has 1 aromatic heterocycles. The highest BCUT2D eigenvalue weighted by Gasteiger charge is 2.47. The zero-order valence-electron chi connectivity index (χ0n) is 13.1. The van der Waals surface area contributed by atoms with Crippen LogP contribution in [0.4, 0.5) is 0 Å². The van der Waals surface area contributed by atoms with Gasteiger partial charge in [-0.15, -0.1) is 0 Å². The lowest BCUT2D eigenvalue weighted by molar-refractivity contribution is -0.124. The first-order valence-corrected chi connectivity index (χ1v) is 9.67. The van der Waals surface area contributed by atoms with Crippen LogP contribution in [-0.2, 0) is 4.79 Å². The number of amides is 1. The van der Waals surface area contributed by atoms with E-state index in [1.165, 1.54) is 31.0 Å². The van der Waals surface area contributed by atoms with Crippen molar-refractivity contribution in [1.29, 1.82) is 0 Å². The van der Waals surface area contributed by atoms with Crippen LogP contribution in [0.5, 0.6) is 0 Å². The van der Waals surface area contributed by atoms with E-state index >= 15 is 0 Å². The Labute approximate surface area is 150 Å². The van der Waals surface area contributed by atoms with Gasteiger partial charge in [-0.2, -0.15) is 0 Å². The molecular formula is C19H17NO2S2. The third kappa shape index (κ3) is 2.25. The minimum atomic E-state index is 0.0583. The minimum Gasteiger partial charge on any atom is -0.457 e. The summed E-state index contributed by atoms with van der Waals surface area (Å²) >= 11 is 6.93. The van der Waals surface area contributed by atoms with Gasteiger partial charge in [-0.3, -0.25) is 9.69 Å². The Morgan fingerprint density at radius 3 is 2.88 bits per heavy atom. The molecule has 3 unspecified atom stereocenters. The van der Waals surface area contributed by atoms with Crippen molar-refractivity contribution in [2.24, 2.45) is 11.8 Å². The summed E-state index contributed by atoms with van der Waals surface area (Å²) in [6.45, 7) is 0. The van der Waals surface area contributed by atoms with E-state index in [0.717, 1.165) is 23.3 Å². The molecule has 0 radical (unpaired) electrons. The van der Waals surface area contributed by atoms with E-state index in [4.69, 9.17) is 16.6 Å². The van der Waals surface area contributed by atoms with Crippen LogP contribution >= 0.6 is 24.0 Å². The van der Waals surface area contributed by atoms with E-state index < -0.39 is 0 Å². The van der Waals surface area contributed by atoms with Crippen LogP contribution in [0.1, 0.15) is 31.4 Å². The summed E-state index contributed by atoms with van der Waals surface area (Å²) in [5.41, 5.74) is 0.840. The Morgan fingerprint density at radius 1 is 1.25 bits per heavy atom. The van der Waals surface area contributed by atoms with Gasteiger partial charge in [0.1, 0.15) is 15.7 Å². The van der Waals surface area contributed by atoms with Crippen LogP contribution in [0.2, 0.25) is 0 Å². The molecule has 1 saturated heterocycles. The van der Waals surface area contributed by atoms with Gasteiger partial charge in [0, 0.05) is 17.5 Å². The lowest BCUT2D eigenvalue weighted by Crippen LogP contribution is -2.41. The van der Waals surface area contributed by atoms with Crippen molar-refractivity contribution in [2.45, 2.75) is 31.7 Å². The van der Waals surface area contributed by atoms with Crippen LogP contribution in [0.3, 0.4) is 0 Å². The number of hydrogen-bond donors (Lipinski definition) is 0. The Morgan fingerprint density at radius 2 is 2.12 bits per heavy atom. The number of rotatable bonds is 2. The van der Waals surface area contributed by atoms with Gasteiger partial charge in [0.2, 0.25) is 0 Å². The minimum absolute atomic E-state index is 0.0583. The van der Waals surface area contributed by atoms with Crippen molar-refractivity contribution in [3.05, 3.63) is 41.0 Å². The standard InChI is InChI=1S/C19H17NO2S2/c21-18-17(10-14-9-13-3-1-2-4-16(13)22-14)24-19(23)20(18)15-8-11-5-6-12(15)7-11/h1-4,9-12,15H,5-8H2. The second-order valence-corrected chi connectivity index (χ2v) is 8.66. The topological polar surface area (TPSA) is 33.5 Å². The number of hydrogen-bond acceptors (Lipinski definition) is 4. The van der Waals surface area contributed by atoms with Gasteiger partial charge in [0.15, 0.2) is 0 Å². The Balaban J connectivity index is 1.45. The predicted octanol–water partition coefficient (Wildman–Crippen LogP) is 4.82. The number of thioether (sulfide) groups is 1. The molecule has 3 fully saturated rings. The fourth-order valence-electron chi connectivity index (χ4n) is 4.50. The second kappa shape index (κ2) is 5.46. The van der Waals surface area contributed by atoms with Crippen LogP contribution in [0.25, 0.3) is 17.0 Å². The zero-order chi connectivity index (χ0) is 16.3. The largest absolute Gasteiger partial charge is 0.457 e. The Bertz CT molecular complexity index is 851. The Kier molecular flexibility index (Phi) is 3.35. The first-order valence-electron chi connectivity index (χ1n) is 8.45. The summed E-state index contributed by atoms with van der Waals surface area (Å²) in [4.78, 5) is 15.5. The van der Waals surface area contributed by atoms with Gasteiger partial charge in [0.25, 0.3) is 5.91 Å². The molecule has 1 aliphatic heterocycles. The maximum absolute atomic E-state index is 12.9. The fraction of sp³-hybridized carbons (Fsp3) is 0.368. The summed E-state index contributed by atoms with van der Waals surface area (Å²) in [7, 11) is 0. The molecule has 3 aliphatic rings. The summed E-state index contributed by atoms with van der Waals surface area (Å²) in [6.07, 6.45) is 6.80. The number of nitrogens with zero attached hydrogens (tertiary/aromatic N) is 1. The molecule has 5 heteroatoms. The van der Waals surface area contributed by atoms with E-state index in [2.05, 4.69) is 0 Å². The number of carbonyl (C=O) groups is 1. The molecule has 2 saturated carbocycles. The van der Waals surface area contributed by atoms with Crippen LogP contribution < -0.4 is 0 Å². The molecule has 2 aromatic rings. The monoisotopic (exact) mass is 355 g/mol. The average molecular weight is 355 g/mol. The van der Waals surface area contributed by atoms with Crippen molar-refractivity contribution in [1.82, 2.24) is 4.90 Å². The van der Waals surface area contributed by atoms with E-state index in [0.29, 0.717) is 26.9 Å². The lowest BCUT2D eigenvalue weighted by atomic mass is 9.94. The maximum atomic E-state index is 12.9. The van der Waals surface area contributed by atoms with E-state index in [1.807, 2.05) is 41.3 Å². The number of thiocarbonyl (C=S) groups is 1. The summed E-state index contributed by atoms with van der Waals surface area (Å²) in [5.74, 6) is 2.21. The second-order valence-electron chi connectivity index (χ2n) is 6.98. The van der Waals surface area contributed by atoms with Gasteiger partial charge < -0.3 is 4.42 Å². The number of para-hydroxylation sites is 1. The molecule has 2 bridgehead atoms. The summed E-state index contributed by atoms with van der Waals surface area (Å²) in [6, 6.07) is 10.2. The number of furan rings is 1. The molecule has 3 atom stereocenters. The van der Waals surface area contributed by atoms with Crippen molar-refractivity contribution in [3.63, 3.8) is 0 Å². The summed E-state index contributed by atoms with van der Waals surface area (Å²) < 4.78 is 6.53. The van der Waals surface area contributed by atoms with Crippen molar-refractivity contribution in [3.8, 4) is 0 Å². The van der Waals surface area contributed by atoms with Gasteiger partial charge >= 0.3 is 0 Å². The van der Waals surface area contributed by atoms with Crippen LogP contribution in [-0.4, -0.2) is 21.2 Å². The number of carbonyl (C=O) groups excluding carboxylic acids is 1. The third-order valence-corrected chi connectivity index (χ3v) is 6.90. The smallest absolute Gasteiger partial charge is 0.266 e. The molecule has 0 spiro atoms.